The Hall–Kier alpha value is -2.86. The lowest BCUT2D eigenvalue weighted by atomic mass is 9.91. The minimum absolute atomic E-state index is 0.00670. The van der Waals surface area contributed by atoms with Crippen LogP contribution in [0, 0.1) is 11.8 Å². The van der Waals surface area contributed by atoms with Gasteiger partial charge in [0.2, 0.25) is 0 Å². The van der Waals surface area contributed by atoms with Crippen molar-refractivity contribution in [1.29, 1.82) is 0 Å². The molecule has 1 unspecified atom stereocenters. The van der Waals surface area contributed by atoms with Gasteiger partial charge >= 0.3 is 0 Å². The normalized spacial score (nSPS) is 11.7. The number of nitrogens with zero attached hydrogens (tertiary/aromatic N) is 1. The number of hydrogen-bond acceptors (Lipinski definition) is 2. The molecule has 0 saturated heterocycles. The van der Waals surface area contributed by atoms with Crippen LogP contribution in [0.2, 0.25) is 0 Å². The molecule has 27 heavy (non-hydrogen) atoms. The largest absolute Gasteiger partial charge is 0.493 e. The van der Waals surface area contributed by atoms with Crippen molar-refractivity contribution in [1.82, 2.24) is 4.57 Å². The van der Waals surface area contributed by atoms with E-state index >= 15 is 0 Å². The first kappa shape index (κ1) is 18.9. The summed E-state index contributed by atoms with van der Waals surface area (Å²) in [4.78, 5) is 0. The first-order chi connectivity index (χ1) is 13.2. The van der Waals surface area contributed by atoms with Crippen molar-refractivity contribution < 1.29 is 9.47 Å². The number of benzene rings is 2. The molecule has 3 aromatic rings. The van der Waals surface area contributed by atoms with Gasteiger partial charge in [-0.15, -0.1) is 5.92 Å². The summed E-state index contributed by atoms with van der Waals surface area (Å²) < 4.78 is 13.1. The fourth-order valence-corrected chi connectivity index (χ4v) is 3.42. The van der Waals surface area contributed by atoms with E-state index in [1.807, 2.05) is 12.1 Å². The van der Waals surface area contributed by atoms with E-state index in [1.54, 1.807) is 14.2 Å². The summed E-state index contributed by atoms with van der Waals surface area (Å²) in [5.74, 6) is 8.37. The average Bonchev–Trinajstić information content (AvgIpc) is 3.04. The highest BCUT2D eigenvalue weighted by molar-refractivity contribution is 5.85. The Balaban J connectivity index is 2.12. The van der Waals surface area contributed by atoms with E-state index in [4.69, 9.17) is 9.47 Å². The van der Waals surface area contributed by atoms with Crippen molar-refractivity contribution in [3.63, 3.8) is 0 Å². The van der Waals surface area contributed by atoms with Gasteiger partial charge in [-0.2, -0.15) is 0 Å². The van der Waals surface area contributed by atoms with Gasteiger partial charge in [0, 0.05) is 30.6 Å². The number of unbranched alkanes of at least 4 members (excludes halogenated alkanes) is 2. The molecule has 0 bridgehead atoms. The molecule has 0 aliphatic heterocycles. The van der Waals surface area contributed by atoms with Crippen molar-refractivity contribution in [2.45, 2.75) is 32.1 Å². The highest BCUT2D eigenvalue weighted by atomic mass is 16.5. The van der Waals surface area contributed by atoms with E-state index in [-0.39, 0.29) is 5.92 Å². The van der Waals surface area contributed by atoms with E-state index in [0.717, 1.165) is 36.3 Å². The topological polar surface area (TPSA) is 23.4 Å². The van der Waals surface area contributed by atoms with Crippen LogP contribution < -0.4 is 9.47 Å². The van der Waals surface area contributed by atoms with Crippen LogP contribution in [-0.2, 0) is 7.05 Å². The third-order valence-electron chi connectivity index (χ3n) is 4.88. The molecule has 0 saturated carbocycles. The van der Waals surface area contributed by atoms with Crippen LogP contribution >= 0.6 is 0 Å². The Bertz CT molecular complexity index is 975. The highest BCUT2D eigenvalue weighted by Crippen LogP contribution is 2.36. The lowest BCUT2D eigenvalue weighted by molar-refractivity contribution is 0.354. The van der Waals surface area contributed by atoms with Crippen LogP contribution in [0.15, 0.2) is 48.7 Å². The summed E-state index contributed by atoms with van der Waals surface area (Å²) in [5, 5.41) is 1.24. The van der Waals surface area contributed by atoms with Crippen LogP contribution in [0.4, 0.5) is 0 Å². The Labute approximate surface area is 161 Å². The zero-order chi connectivity index (χ0) is 19.2. The number of para-hydroxylation sites is 1. The molecule has 0 aliphatic rings. The van der Waals surface area contributed by atoms with Gasteiger partial charge in [-0.05, 0) is 35.7 Å². The fourth-order valence-electron chi connectivity index (χ4n) is 3.42. The predicted molar refractivity (Wildman–Crippen MR) is 112 cm³/mol. The summed E-state index contributed by atoms with van der Waals surface area (Å²) >= 11 is 0. The van der Waals surface area contributed by atoms with Gasteiger partial charge in [0.25, 0.3) is 0 Å². The highest BCUT2D eigenvalue weighted by Gasteiger charge is 2.19. The molecule has 3 heteroatoms. The summed E-state index contributed by atoms with van der Waals surface area (Å²) in [5.41, 5.74) is 3.56. The first-order valence-corrected chi connectivity index (χ1v) is 9.43. The zero-order valence-electron chi connectivity index (χ0n) is 16.6. The number of hydrogen-bond donors (Lipinski definition) is 0. The number of methoxy groups -OCH3 is 2. The number of rotatable bonds is 6. The van der Waals surface area contributed by atoms with Crippen LogP contribution in [-0.4, -0.2) is 18.8 Å². The van der Waals surface area contributed by atoms with Crippen LogP contribution in [0.5, 0.6) is 11.5 Å². The predicted octanol–water partition coefficient (Wildman–Crippen LogP) is 5.52. The third-order valence-corrected chi connectivity index (χ3v) is 4.88. The maximum absolute atomic E-state index is 5.52. The van der Waals surface area contributed by atoms with Gasteiger partial charge in [0.05, 0.1) is 20.1 Å². The molecule has 0 fully saturated rings. The molecule has 2 aromatic carbocycles. The Morgan fingerprint density at radius 3 is 2.56 bits per heavy atom. The minimum atomic E-state index is -0.00670. The van der Waals surface area contributed by atoms with Crippen molar-refractivity contribution in [2.75, 3.05) is 14.2 Å². The second kappa shape index (κ2) is 8.68. The van der Waals surface area contributed by atoms with Gasteiger partial charge in [-0.25, -0.2) is 0 Å². The Morgan fingerprint density at radius 2 is 1.81 bits per heavy atom. The van der Waals surface area contributed by atoms with Gasteiger partial charge in [-0.1, -0.05) is 43.5 Å². The quantitative estimate of drug-likeness (QED) is 0.426. The maximum Gasteiger partial charge on any atom is 0.161 e. The van der Waals surface area contributed by atoms with Crippen molar-refractivity contribution in [2.24, 2.45) is 7.05 Å². The molecule has 0 radical (unpaired) electrons. The molecule has 0 aliphatic carbocycles. The van der Waals surface area contributed by atoms with Crippen molar-refractivity contribution in [3.05, 3.63) is 59.8 Å². The van der Waals surface area contributed by atoms with Crippen LogP contribution in [0.25, 0.3) is 10.9 Å². The number of aryl methyl sites for hydroxylation is 1. The Kier molecular flexibility index (Phi) is 6.08. The van der Waals surface area contributed by atoms with E-state index in [1.165, 1.54) is 16.5 Å². The molecule has 0 N–H and O–H groups in total. The van der Waals surface area contributed by atoms with Crippen LogP contribution in [0.3, 0.4) is 0 Å². The van der Waals surface area contributed by atoms with E-state index in [2.05, 4.69) is 66.9 Å². The summed E-state index contributed by atoms with van der Waals surface area (Å²) in [6.45, 7) is 2.19. The van der Waals surface area contributed by atoms with Crippen LogP contribution in [0.1, 0.15) is 43.2 Å². The Morgan fingerprint density at radius 1 is 1.04 bits per heavy atom. The molecule has 3 nitrogen and oxygen atoms in total. The molecular weight excluding hydrogens is 334 g/mol. The van der Waals surface area contributed by atoms with Gasteiger partial charge in [0.15, 0.2) is 11.5 Å². The molecule has 140 valence electrons. The molecular formula is C24H27NO2. The third kappa shape index (κ3) is 3.95. The van der Waals surface area contributed by atoms with Crippen molar-refractivity contribution >= 4 is 10.9 Å². The summed E-state index contributed by atoms with van der Waals surface area (Å²) in [6, 6.07) is 14.6. The minimum Gasteiger partial charge on any atom is -0.493 e. The molecule has 1 atom stereocenters. The molecule has 0 spiro atoms. The summed E-state index contributed by atoms with van der Waals surface area (Å²) in [6.07, 6.45) is 5.40. The van der Waals surface area contributed by atoms with E-state index < -0.39 is 0 Å². The molecule has 1 aromatic heterocycles. The number of aromatic nitrogens is 1. The smallest absolute Gasteiger partial charge is 0.161 e. The lowest BCUT2D eigenvalue weighted by Crippen LogP contribution is -2.00. The second-order valence-electron chi connectivity index (χ2n) is 6.68. The maximum atomic E-state index is 5.52. The van der Waals surface area contributed by atoms with Crippen molar-refractivity contribution in [3.8, 4) is 23.3 Å². The monoisotopic (exact) mass is 361 g/mol. The van der Waals surface area contributed by atoms with Gasteiger partial charge in [0.1, 0.15) is 0 Å². The number of ether oxygens (including phenoxy) is 2. The fraction of sp³-hybridized carbons (Fsp3) is 0.333. The standard InChI is InChI=1S/C24H27NO2/c1-5-6-7-8-11-19(18-14-15-23(26-3)24(16-18)27-4)21-17-25(2)22-13-10-9-12-20(21)22/h9-10,12-17,19H,5-7H2,1-4H3. The number of fused-ring (bicyclic) bond motifs is 1. The average molecular weight is 361 g/mol. The molecule has 1 heterocycles. The second-order valence-corrected chi connectivity index (χ2v) is 6.68. The molecule has 3 rings (SSSR count). The first-order valence-electron chi connectivity index (χ1n) is 9.43. The van der Waals surface area contributed by atoms with Gasteiger partial charge in [-0.3, -0.25) is 0 Å². The summed E-state index contributed by atoms with van der Waals surface area (Å²) in [7, 11) is 5.41. The van der Waals surface area contributed by atoms with E-state index in [9.17, 15) is 0 Å². The SMILES string of the molecule is CCCCC#CC(c1ccc(OC)c(OC)c1)c1cn(C)c2ccccc12. The zero-order valence-corrected chi connectivity index (χ0v) is 16.6. The molecule has 0 amide bonds. The van der Waals surface area contributed by atoms with Gasteiger partial charge < -0.3 is 14.0 Å². The lowest BCUT2D eigenvalue weighted by Gasteiger charge is -2.14. The van der Waals surface area contributed by atoms with E-state index in [0.29, 0.717) is 0 Å².